The van der Waals surface area contributed by atoms with Crippen molar-refractivity contribution in [2.75, 3.05) is 17.8 Å². The van der Waals surface area contributed by atoms with Gasteiger partial charge in [0.2, 0.25) is 5.16 Å². The second-order valence-corrected chi connectivity index (χ2v) is 5.07. The molecule has 0 saturated carbocycles. The highest BCUT2D eigenvalue weighted by Gasteiger charge is 2.26. The number of hydrogen-bond acceptors (Lipinski definition) is 4. The largest absolute Gasteiger partial charge is 0.389 e. The monoisotopic (exact) mass is 271 g/mol. The third kappa shape index (κ3) is 5.64. The quantitative estimate of drug-likeness (QED) is 0.808. The van der Waals surface area contributed by atoms with Gasteiger partial charge in [0.1, 0.15) is 5.82 Å². The van der Waals surface area contributed by atoms with Crippen LogP contribution in [0.4, 0.5) is 13.2 Å². The van der Waals surface area contributed by atoms with E-state index in [9.17, 15) is 13.2 Å². The number of H-pyrrole nitrogens is 1. The molecule has 1 heterocycles. The number of aryl methyl sites for hydroxylation is 1. The van der Waals surface area contributed by atoms with Gasteiger partial charge in [0, 0.05) is 17.9 Å². The van der Waals surface area contributed by atoms with Gasteiger partial charge in [-0.3, -0.25) is 5.10 Å². The first kappa shape index (κ1) is 13.7. The molecule has 1 N–H and O–H groups in total. The van der Waals surface area contributed by atoms with Crippen LogP contribution >= 0.6 is 23.5 Å². The van der Waals surface area contributed by atoms with Crippen molar-refractivity contribution in [3.63, 3.8) is 0 Å². The fourth-order valence-corrected chi connectivity index (χ4v) is 2.11. The number of aromatic amines is 1. The van der Waals surface area contributed by atoms with E-state index in [1.807, 2.05) is 6.26 Å². The van der Waals surface area contributed by atoms with Crippen LogP contribution in [0.3, 0.4) is 0 Å². The Balaban J connectivity index is 2.29. The summed E-state index contributed by atoms with van der Waals surface area (Å²) < 4.78 is 35.6. The van der Waals surface area contributed by atoms with Crippen LogP contribution < -0.4 is 0 Å². The lowest BCUT2D eigenvalue weighted by atomic mass is 10.5. The van der Waals surface area contributed by atoms with Crippen LogP contribution in [0, 0.1) is 0 Å². The molecule has 1 aromatic rings. The first-order chi connectivity index (χ1) is 7.51. The number of hydrogen-bond donors (Lipinski definition) is 1. The van der Waals surface area contributed by atoms with Gasteiger partial charge in [-0.05, 0) is 6.26 Å². The van der Waals surface area contributed by atoms with Crippen LogP contribution in [-0.4, -0.2) is 39.1 Å². The Kier molecular flexibility index (Phi) is 5.47. The lowest BCUT2D eigenvalue weighted by Gasteiger charge is -2.02. The normalized spacial score (nSPS) is 12.0. The topological polar surface area (TPSA) is 41.6 Å². The summed E-state index contributed by atoms with van der Waals surface area (Å²) in [6, 6.07) is 0. The Bertz CT molecular complexity index is 314. The summed E-state index contributed by atoms with van der Waals surface area (Å²) in [6.07, 6.45) is -2.18. The molecule has 0 aliphatic carbocycles. The first-order valence-corrected chi connectivity index (χ1v) is 6.99. The molecule has 0 amide bonds. The molecule has 16 heavy (non-hydrogen) atoms. The SMILES string of the molecule is CSCCc1nc(SCCC(F)(F)F)n[nH]1. The molecule has 8 heteroatoms. The van der Waals surface area contributed by atoms with Crippen LogP contribution in [0.2, 0.25) is 0 Å². The van der Waals surface area contributed by atoms with E-state index >= 15 is 0 Å². The smallest absolute Gasteiger partial charge is 0.262 e. The standard InChI is InChI=1S/C8H12F3N3S2/c1-15-4-2-6-12-7(14-13-6)16-5-3-8(9,10)11/h2-5H2,1H3,(H,12,13,14). The Morgan fingerprint density at radius 1 is 1.31 bits per heavy atom. The van der Waals surface area contributed by atoms with Crippen molar-refractivity contribution in [3.8, 4) is 0 Å². The highest BCUT2D eigenvalue weighted by atomic mass is 32.2. The summed E-state index contributed by atoms with van der Waals surface area (Å²) in [7, 11) is 0. The van der Waals surface area contributed by atoms with Gasteiger partial charge in [-0.2, -0.15) is 24.9 Å². The van der Waals surface area contributed by atoms with E-state index in [1.165, 1.54) is 0 Å². The third-order valence-electron chi connectivity index (χ3n) is 1.67. The van der Waals surface area contributed by atoms with Crippen molar-refractivity contribution >= 4 is 23.5 Å². The minimum Gasteiger partial charge on any atom is -0.262 e. The van der Waals surface area contributed by atoms with E-state index in [2.05, 4.69) is 15.2 Å². The first-order valence-electron chi connectivity index (χ1n) is 4.61. The number of rotatable bonds is 6. The third-order valence-corrected chi connectivity index (χ3v) is 3.13. The van der Waals surface area contributed by atoms with Crippen molar-refractivity contribution in [2.45, 2.75) is 24.2 Å². The molecular weight excluding hydrogens is 259 g/mol. The summed E-state index contributed by atoms with van der Waals surface area (Å²) in [4.78, 5) is 4.08. The predicted octanol–water partition coefficient (Wildman–Crippen LogP) is 2.75. The minimum atomic E-state index is -4.11. The number of nitrogens with zero attached hydrogens (tertiary/aromatic N) is 2. The fourth-order valence-electron chi connectivity index (χ4n) is 0.911. The summed E-state index contributed by atoms with van der Waals surface area (Å²) in [5.41, 5.74) is 0. The molecule has 3 nitrogen and oxygen atoms in total. The van der Waals surface area contributed by atoms with Crippen molar-refractivity contribution in [1.29, 1.82) is 0 Å². The molecule has 0 fully saturated rings. The van der Waals surface area contributed by atoms with Crippen LogP contribution in [0.1, 0.15) is 12.2 Å². The van der Waals surface area contributed by atoms with Gasteiger partial charge in [0.25, 0.3) is 0 Å². The lowest BCUT2D eigenvalue weighted by Crippen LogP contribution is -2.08. The molecule has 0 unspecified atom stereocenters. The highest BCUT2D eigenvalue weighted by Crippen LogP contribution is 2.24. The van der Waals surface area contributed by atoms with Gasteiger partial charge in [-0.1, -0.05) is 11.8 Å². The summed E-state index contributed by atoms with van der Waals surface area (Å²) in [5.74, 6) is 1.61. The van der Waals surface area contributed by atoms with Crippen LogP contribution in [0.5, 0.6) is 0 Å². The Hall–Kier alpha value is -0.370. The lowest BCUT2D eigenvalue weighted by molar-refractivity contribution is -0.129. The molecule has 0 bridgehead atoms. The Labute approximate surface area is 100.0 Å². The zero-order valence-corrected chi connectivity index (χ0v) is 10.3. The highest BCUT2D eigenvalue weighted by molar-refractivity contribution is 7.99. The zero-order valence-electron chi connectivity index (χ0n) is 8.67. The molecule has 0 spiro atoms. The second kappa shape index (κ2) is 6.39. The van der Waals surface area contributed by atoms with Gasteiger partial charge >= 0.3 is 6.18 Å². The van der Waals surface area contributed by atoms with E-state index in [0.29, 0.717) is 5.16 Å². The van der Waals surface area contributed by atoms with Gasteiger partial charge < -0.3 is 0 Å². The number of alkyl halides is 3. The van der Waals surface area contributed by atoms with Crippen molar-refractivity contribution in [3.05, 3.63) is 5.82 Å². The van der Waals surface area contributed by atoms with E-state index in [-0.39, 0.29) is 5.75 Å². The minimum absolute atomic E-state index is 0.0384. The molecule has 0 atom stereocenters. The molecule has 0 saturated heterocycles. The summed E-state index contributed by atoms with van der Waals surface area (Å²) in [6.45, 7) is 0. The average Bonchev–Trinajstić information content (AvgIpc) is 2.61. The van der Waals surface area contributed by atoms with Crippen LogP contribution in [-0.2, 0) is 6.42 Å². The maximum Gasteiger partial charge on any atom is 0.389 e. The summed E-state index contributed by atoms with van der Waals surface area (Å²) >= 11 is 2.70. The van der Waals surface area contributed by atoms with Gasteiger partial charge in [0.05, 0.1) is 6.42 Å². The molecule has 0 aliphatic heterocycles. The predicted molar refractivity (Wildman–Crippen MR) is 59.9 cm³/mol. The molecule has 0 radical (unpaired) electrons. The van der Waals surface area contributed by atoms with Gasteiger partial charge in [-0.25, -0.2) is 4.98 Å². The van der Waals surface area contributed by atoms with E-state index < -0.39 is 12.6 Å². The van der Waals surface area contributed by atoms with E-state index in [1.54, 1.807) is 11.8 Å². The Morgan fingerprint density at radius 2 is 2.06 bits per heavy atom. The Morgan fingerprint density at radius 3 is 2.69 bits per heavy atom. The molecule has 92 valence electrons. The molecule has 0 aliphatic rings. The van der Waals surface area contributed by atoms with Crippen LogP contribution in [0.15, 0.2) is 5.16 Å². The number of aromatic nitrogens is 3. The maximum atomic E-state index is 11.9. The van der Waals surface area contributed by atoms with Gasteiger partial charge in [0.15, 0.2) is 0 Å². The number of thioether (sulfide) groups is 2. The maximum absolute atomic E-state index is 11.9. The number of nitrogens with one attached hydrogen (secondary N) is 1. The van der Waals surface area contributed by atoms with Gasteiger partial charge in [-0.15, -0.1) is 5.10 Å². The molecular formula is C8H12F3N3S2. The average molecular weight is 271 g/mol. The van der Waals surface area contributed by atoms with Crippen molar-refractivity contribution in [2.24, 2.45) is 0 Å². The van der Waals surface area contributed by atoms with Crippen molar-refractivity contribution < 1.29 is 13.2 Å². The summed E-state index contributed by atoms with van der Waals surface area (Å²) in [5, 5.41) is 6.94. The van der Waals surface area contributed by atoms with E-state index in [0.717, 1.165) is 29.8 Å². The van der Waals surface area contributed by atoms with Crippen LogP contribution in [0.25, 0.3) is 0 Å². The number of halogens is 3. The molecule has 1 aromatic heterocycles. The van der Waals surface area contributed by atoms with E-state index in [4.69, 9.17) is 0 Å². The van der Waals surface area contributed by atoms with Crippen molar-refractivity contribution in [1.82, 2.24) is 15.2 Å². The molecule has 0 aromatic carbocycles. The fraction of sp³-hybridized carbons (Fsp3) is 0.750. The zero-order chi connectivity index (χ0) is 12.0. The second-order valence-electron chi connectivity index (χ2n) is 3.02. The molecule has 1 rings (SSSR count).